The standard InChI is InChI=1S/C19H20FNO3S/c20-17-3-1-2-4-18(17)25-16-9-10-21(11-16)19(23)13-24-15-7-5-14(12-22)6-8-15/h1-8,16,22H,9-13H2. The molecule has 1 saturated heterocycles. The molecule has 25 heavy (non-hydrogen) atoms. The average molecular weight is 361 g/mol. The van der Waals surface area contributed by atoms with Gasteiger partial charge in [0.2, 0.25) is 0 Å². The van der Waals surface area contributed by atoms with E-state index in [1.807, 2.05) is 6.07 Å². The second-order valence-corrected chi connectivity index (χ2v) is 7.23. The summed E-state index contributed by atoms with van der Waals surface area (Å²) in [7, 11) is 0. The first-order valence-electron chi connectivity index (χ1n) is 8.17. The third-order valence-corrected chi connectivity index (χ3v) is 5.40. The van der Waals surface area contributed by atoms with Crippen LogP contribution in [0.2, 0.25) is 0 Å². The molecule has 1 unspecified atom stereocenters. The van der Waals surface area contributed by atoms with Crippen LogP contribution in [0.5, 0.6) is 5.75 Å². The molecule has 1 amide bonds. The van der Waals surface area contributed by atoms with Crippen molar-refractivity contribution in [2.45, 2.75) is 23.2 Å². The van der Waals surface area contributed by atoms with E-state index in [2.05, 4.69) is 0 Å². The van der Waals surface area contributed by atoms with Crippen molar-refractivity contribution in [2.24, 2.45) is 0 Å². The molecule has 0 bridgehead atoms. The van der Waals surface area contributed by atoms with Crippen molar-refractivity contribution in [3.63, 3.8) is 0 Å². The Morgan fingerprint density at radius 2 is 2.00 bits per heavy atom. The maximum absolute atomic E-state index is 13.7. The smallest absolute Gasteiger partial charge is 0.260 e. The molecule has 0 aromatic heterocycles. The van der Waals surface area contributed by atoms with Gasteiger partial charge in [-0.25, -0.2) is 4.39 Å². The molecule has 132 valence electrons. The van der Waals surface area contributed by atoms with Crippen LogP contribution in [-0.4, -0.2) is 40.9 Å². The minimum absolute atomic E-state index is 0.0183. The Bertz CT molecular complexity index is 723. The summed E-state index contributed by atoms with van der Waals surface area (Å²) in [6, 6.07) is 13.7. The van der Waals surface area contributed by atoms with E-state index < -0.39 is 0 Å². The number of hydrogen-bond donors (Lipinski definition) is 1. The zero-order valence-electron chi connectivity index (χ0n) is 13.7. The maximum atomic E-state index is 13.7. The van der Waals surface area contributed by atoms with Gasteiger partial charge in [-0.15, -0.1) is 11.8 Å². The lowest BCUT2D eigenvalue weighted by Gasteiger charge is -2.17. The van der Waals surface area contributed by atoms with E-state index in [-0.39, 0.29) is 30.2 Å². The Balaban J connectivity index is 1.48. The van der Waals surface area contributed by atoms with Gasteiger partial charge < -0.3 is 14.7 Å². The van der Waals surface area contributed by atoms with Crippen molar-refractivity contribution in [1.82, 2.24) is 4.90 Å². The molecule has 4 nitrogen and oxygen atoms in total. The van der Waals surface area contributed by atoms with E-state index in [4.69, 9.17) is 9.84 Å². The van der Waals surface area contributed by atoms with E-state index in [1.54, 1.807) is 41.3 Å². The first kappa shape index (κ1) is 17.8. The number of aliphatic hydroxyl groups excluding tert-OH is 1. The quantitative estimate of drug-likeness (QED) is 0.859. The van der Waals surface area contributed by atoms with Crippen LogP contribution in [-0.2, 0) is 11.4 Å². The lowest BCUT2D eigenvalue weighted by atomic mass is 10.2. The Kier molecular flexibility index (Phi) is 5.94. The summed E-state index contributed by atoms with van der Waals surface area (Å²) in [5.74, 6) is 0.317. The SMILES string of the molecule is O=C(COc1ccc(CO)cc1)N1CCC(Sc2ccccc2F)C1. The van der Waals surface area contributed by atoms with Crippen LogP contribution in [0, 0.1) is 5.82 Å². The fraction of sp³-hybridized carbons (Fsp3) is 0.316. The second kappa shape index (κ2) is 8.36. The first-order valence-corrected chi connectivity index (χ1v) is 9.05. The number of ether oxygens (including phenoxy) is 1. The number of rotatable bonds is 6. The first-order chi connectivity index (χ1) is 12.2. The minimum atomic E-state index is -0.216. The summed E-state index contributed by atoms with van der Waals surface area (Å²) >= 11 is 1.48. The molecule has 1 aliphatic heterocycles. The van der Waals surface area contributed by atoms with Gasteiger partial charge >= 0.3 is 0 Å². The third kappa shape index (κ3) is 4.74. The highest BCUT2D eigenvalue weighted by Gasteiger charge is 2.27. The van der Waals surface area contributed by atoms with Crippen LogP contribution >= 0.6 is 11.8 Å². The zero-order chi connectivity index (χ0) is 17.6. The highest BCUT2D eigenvalue weighted by Crippen LogP contribution is 2.31. The predicted molar refractivity (Wildman–Crippen MR) is 95.1 cm³/mol. The molecule has 0 aliphatic carbocycles. The van der Waals surface area contributed by atoms with Crippen molar-refractivity contribution in [2.75, 3.05) is 19.7 Å². The Hall–Kier alpha value is -2.05. The molecule has 0 radical (unpaired) electrons. The van der Waals surface area contributed by atoms with Crippen molar-refractivity contribution < 1.29 is 19.0 Å². The van der Waals surface area contributed by atoms with E-state index in [9.17, 15) is 9.18 Å². The highest BCUT2D eigenvalue weighted by molar-refractivity contribution is 8.00. The number of hydrogen-bond acceptors (Lipinski definition) is 4. The lowest BCUT2D eigenvalue weighted by molar-refractivity contribution is -0.132. The molecule has 2 aromatic carbocycles. The van der Waals surface area contributed by atoms with Crippen LogP contribution in [0.1, 0.15) is 12.0 Å². The average Bonchev–Trinajstić information content (AvgIpc) is 3.11. The van der Waals surface area contributed by atoms with Crippen LogP contribution in [0.3, 0.4) is 0 Å². The van der Waals surface area contributed by atoms with Gasteiger partial charge in [0.05, 0.1) is 6.61 Å². The van der Waals surface area contributed by atoms with E-state index in [0.717, 1.165) is 12.0 Å². The fourth-order valence-electron chi connectivity index (χ4n) is 2.70. The van der Waals surface area contributed by atoms with Crippen molar-refractivity contribution in [1.29, 1.82) is 0 Å². The monoisotopic (exact) mass is 361 g/mol. The molecular formula is C19H20FNO3S. The number of benzene rings is 2. The Labute approximate surface area is 150 Å². The van der Waals surface area contributed by atoms with Crippen LogP contribution in [0.25, 0.3) is 0 Å². The van der Waals surface area contributed by atoms with Gasteiger partial charge in [0.1, 0.15) is 11.6 Å². The summed E-state index contributed by atoms with van der Waals surface area (Å²) in [6.07, 6.45) is 0.843. The van der Waals surface area contributed by atoms with Crippen LogP contribution in [0.15, 0.2) is 53.4 Å². The number of likely N-dealkylation sites (tertiary alicyclic amines) is 1. The number of carbonyl (C=O) groups excluding carboxylic acids is 1. The van der Waals surface area contributed by atoms with E-state index >= 15 is 0 Å². The molecule has 1 atom stereocenters. The number of nitrogens with zero attached hydrogens (tertiary/aromatic N) is 1. The van der Waals surface area contributed by atoms with Crippen LogP contribution < -0.4 is 4.74 Å². The predicted octanol–water partition coefficient (Wildman–Crippen LogP) is 3.09. The van der Waals surface area contributed by atoms with Gasteiger partial charge in [0.25, 0.3) is 5.91 Å². The number of amides is 1. The molecule has 1 aliphatic rings. The third-order valence-electron chi connectivity index (χ3n) is 4.10. The summed E-state index contributed by atoms with van der Waals surface area (Å²) in [6.45, 7) is 1.23. The molecule has 3 rings (SSSR count). The van der Waals surface area contributed by atoms with Gasteiger partial charge in [0, 0.05) is 23.2 Å². The molecule has 1 fully saturated rings. The molecule has 2 aromatic rings. The molecule has 1 heterocycles. The molecular weight excluding hydrogens is 341 g/mol. The Morgan fingerprint density at radius 3 is 2.72 bits per heavy atom. The number of aliphatic hydroxyl groups is 1. The number of thioether (sulfide) groups is 1. The molecule has 6 heteroatoms. The van der Waals surface area contributed by atoms with E-state index in [1.165, 1.54) is 17.8 Å². The summed E-state index contributed by atoms with van der Waals surface area (Å²) in [5.41, 5.74) is 0.797. The zero-order valence-corrected chi connectivity index (χ0v) is 14.5. The molecule has 0 saturated carbocycles. The molecule has 0 spiro atoms. The van der Waals surface area contributed by atoms with Gasteiger partial charge in [-0.2, -0.15) is 0 Å². The minimum Gasteiger partial charge on any atom is -0.484 e. The topological polar surface area (TPSA) is 49.8 Å². The molecule has 1 N–H and O–H groups in total. The summed E-state index contributed by atoms with van der Waals surface area (Å²) < 4.78 is 19.2. The fourth-order valence-corrected chi connectivity index (χ4v) is 3.87. The maximum Gasteiger partial charge on any atom is 0.260 e. The normalized spacial score (nSPS) is 16.9. The van der Waals surface area contributed by atoms with Crippen molar-refractivity contribution in [3.8, 4) is 5.75 Å². The number of carbonyl (C=O) groups is 1. The lowest BCUT2D eigenvalue weighted by Crippen LogP contribution is -2.33. The van der Waals surface area contributed by atoms with Crippen molar-refractivity contribution >= 4 is 17.7 Å². The van der Waals surface area contributed by atoms with E-state index in [0.29, 0.717) is 23.7 Å². The summed E-state index contributed by atoms with van der Waals surface area (Å²) in [4.78, 5) is 14.7. The Morgan fingerprint density at radius 1 is 1.24 bits per heavy atom. The second-order valence-electron chi connectivity index (χ2n) is 5.89. The van der Waals surface area contributed by atoms with Crippen LogP contribution in [0.4, 0.5) is 4.39 Å². The van der Waals surface area contributed by atoms with Gasteiger partial charge in [-0.3, -0.25) is 4.79 Å². The van der Waals surface area contributed by atoms with Gasteiger partial charge in [-0.1, -0.05) is 24.3 Å². The highest BCUT2D eigenvalue weighted by atomic mass is 32.2. The van der Waals surface area contributed by atoms with Crippen molar-refractivity contribution in [3.05, 3.63) is 59.9 Å². The van der Waals surface area contributed by atoms with Gasteiger partial charge in [0.15, 0.2) is 6.61 Å². The number of halogens is 1. The van der Waals surface area contributed by atoms with Gasteiger partial charge in [-0.05, 0) is 36.2 Å². The largest absolute Gasteiger partial charge is 0.484 e. The summed E-state index contributed by atoms with van der Waals surface area (Å²) in [5, 5.41) is 9.21.